The molecule has 0 aliphatic rings. The van der Waals surface area contributed by atoms with E-state index in [1.165, 1.54) is 4.90 Å². The van der Waals surface area contributed by atoms with Gasteiger partial charge in [0.05, 0.1) is 25.3 Å². The number of aromatic amines is 1. The van der Waals surface area contributed by atoms with Gasteiger partial charge in [0.1, 0.15) is 12.2 Å². The van der Waals surface area contributed by atoms with Gasteiger partial charge in [0.15, 0.2) is 5.43 Å². The first-order valence-electron chi connectivity index (χ1n) is 8.76. The maximum absolute atomic E-state index is 13.0. The Morgan fingerprint density at radius 3 is 2.42 bits per heavy atom. The molecule has 0 saturated heterocycles. The number of H-pyrrole nitrogens is 1. The van der Waals surface area contributed by atoms with Gasteiger partial charge in [0.2, 0.25) is 0 Å². The number of quaternary nitrogens is 1. The maximum atomic E-state index is 13.0. The minimum atomic E-state index is -0.456. The summed E-state index contributed by atoms with van der Waals surface area (Å²) < 4.78 is 5.16. The molecule has 1 aromatic carbocycles. The Labute approximate surface area is 142 Å². The highest BCUT2D eigenvalue weighted by atomic mass is 16.5. The van der Waals surface area contributed by atoms with Crippen LogP contribution in [-0.2, 0) is 11.3 Å². The van der Waals surface area contributed by atoms with E-state index in [0.717, 1.165) is 25.9 Å². The number of esters is 1. The van der Waals surface area contributed by atoms with Crippen LogP contribution in [0.5, 0.6) is 0 Å². The van der Waals surface area contributed by atoms with E-state index in [1.54, 1.807) is 13.0 Å². The predicted molar refractivity (Wildman–Crippen MR) is 95.5 cm³/mol. The number of aromatic nitrogens is 1. The number of hydrogen-bond acceptors (Lipinski definition) is 3. The lowest BCUT2D eigenvalue weighted by Crippen LogP contribution is -3.10. The molecule has 24 heavy (non-hydrogen) atoms. The van der Waals surface area contributed by atoms with Crippen molar-refractivity contribution in [1.82, 2.24) is 4.98 Å². The largest absolute Gasteiger partial charge is 0.461 e. The summed E-state index contributed by atoms with van der Waals surface area (Å²) in [5.41, 5.74) is 1.42. The molecular weight excluding hydrogens is 304 g/mol. The summed E-state index contributed by atoms with van der Waals surface area (Å²) in [6.07, 6.45) is 2.07. The molecule has 0 unspecified atom stereocenters. The third-order valence-electron chi connectivity index (χ3n) is 4.12. The molecule has 5 nitrogen and oxygen atoms in total. The van der Waals surface area contributed by atoms with E-state index in [0.29, 0.717) is 28.7 Å². The third kappa shape index (κ3) is 4.03. The zero-order valence-electron chi connectivity index (χ0n) is 14.8. The molecule has 2 rings (SSSR count). The quantitative estimate of drug-likeness (QED) is 0.726. The first kappa shape index (κ1) is 18.2. The Hall–Kier alpha value is -2.14. The average Bonchev–Trinajstić information content (AvgIpc) is 2.58. The Morgan fingerprint density at radius 2 is 1.79 bits per heavy atom. The summed E-state index contributed by atoms with van der Waals surface area (Å²) in [7, 11) is 0. The number of pyridine rings is 1. The second-order valence-corrected chi connectivity index (χ2v) is 6.00. The predicted octanol–water partition coefficient (Wildman–Crippen LogP) is 1.91. The van der Waals surface area contributed by atoms with E-state index in [1.807, 2.05) is 18.2 Å². The molecule has 0 aliphatic heterocycles. The van der Waals surface area contributed by atoms with Crippen LogP contribution >= 0.6 is 0 Å². The van der Waals surface area contributed by atoms with Crippen LogP contribution < -0.4 is 10.3 Å². The number of carbonyl (C=O) groups excluding carboxylic acids is 1. The average molecular weight is 331 g/mol. The van der Waals surface area contributed by atoms with Gasteiger partial charge in [-0.25, -0.2) is 4.79 Å². The number of para-hydroxylation sites is 1. The van der Waals surface area contributed by atoms with Crippen LogP contribution in [0.3, 0.4) is 0 Å². The Balaban J connectivity index is 2.55. The summed E-state index contributed by atoms with van der Waals surface area (Å²) in [6.45, 7) is 8.80. The monoisotopic (exact) mass is 331 g/mol. The molecule has 0 spiro atoms. The summed E-state index contributed by atoms with van der Waals surface area (Å²) in [6, 6.07) is 7.30. The number of carbonyl (C=O) groups is 1. The first-order valence-corrected chi connectivity index (χ1v) is 8.76. The standard InChI is InChI=1S/C19H26N2O3/c1-4-11-21(12-5-2)13-15-17(19(23)24-6-3)20-16-10-8-7-9-14(16)18(15)22/h7-10H,4-6,11-13H2,1-3H3,(H,20,22)/p+1. The van der Waals surface area contributed by atoms with E-state index < -0.39 is 5.97 Å². The maximum Gasteiger partial charge on any atom is 0.355 e. The van der Waals surface area contributed by atoms with Gasteiger partial charge in [0, 0.05) is 10.9 Å². The number of hydrogen-bond donors (Lipinski definition) is 2. The van der Waals surface area contributed by atoms with Gasteiger partial charge in [-0.2, -0.15) is 0 Å². The van der Waals surface area contributed by atoms with Crippen molar-refractivity contribution in [2.24, 2.45) is 0 Å². The van der Waals surface area contributed by atoms with Crippen LogP contribution in [0.25, 0.3) is 10.9 Å². The van der Waals surface area contributed by atoms with Gasteiger partial charge in [-0.05, 0) is 31.9 Å². The number of ether oxygens (including phenoxy) is 1. The fourth-order valence-electron chi connectivity index (χ4n) is 3.08. The van der Waals surface area contributed by atoms with Gasteiger partial charge in [-0.3, -0.25) is 4.79 Å². The van der Waals surface area contributed by atoms with Gasteiger partial charge >= 0.3 is 5.97 Å². The second kappa shape index (κ2) is 8.64. The van der Waals surface area contributed by atoms with Crippen molar-refractivity contribution < 1.29 is 14.4 Å². The molecule has 0 radical (unpaired) electrons. The van der Waals surface area contributed by atoms with Crippen LogP contribution in [0.15, 0.2) is 29.1 Å². The first-order chi connectivity index (χ1) is 11.6. The van der Waals surface area contributed by atoms with Gasteiger partial charge < -0.3 is 14.6 Å². The van der Waals surface area contributed by atoms with Gasteiger partial charge in [-0.15, -0.1) is 0 Å². The normalized spacial score (nSPS) is 11.2. The fraction of sp³-hybridized carbons (Fsp3) is 0.474. The highest BCUT2D eigenvalue weighted by Gasteiger charge is 2.22. The van der Waals surface area contributed by atoms with Crippen molar-refractivity contribution in [2.75, 3.05) is 19.7 Å². The topological polar surface area (TPSA) is 63.6 Å². The Bertz CT molecular complexity index is 746. The van der Waals surface area contributed by atoms with Crippen molar-refractivity contribution in [3.8, 4) is 0 Å². The Kier molecular flexibility index (Phi) is 6.55. The van der Waals surface area contributed by atoms with Crippen molar-refractivity contribution in [2.45, 2.75) is 40.2 Å². The molecule has 0 fully saturated rings. The molecule has 130 valence electrons. The van der Waals surface area contributed by atoms with Crippen molar-refractivity contribution in [1.29, 1.82) is 0 Å². The molecule has 0 saturated carbocycles. The highest BCUT2D eigenvalue weighted by Crippen LogP contribution is 2.12. The summed E-state index contributed by atoms with van der Waals surface area (Å²) in [5.74, 6) is -0.456. The Morgan fingerprint density at radius 1 is 1.12 bits per heavy atom. The van der Waals surface area contributed by atoms with Gasteiger partial charge in [0.25, 0.3) is 0 Å². The minimum Gasteiger partial charge on any atom is -0.461 e. The van der Waals surface area contributed by atoms with E-state index in [4.69, 9.17) is 4.74 Å². The SMILES string of the molecule is CCC[NH+](CCC)Cc1c(C(=O)OCC)[nH]c2ccccc2c1=O. The molecule has 1 aromatic heterocycles. The van der Waals surface area contributed by atoms with Crippen molar-refractivity contribution in [3.05, 3.63) is 45.7 Å². The smallest absolute Gasteiger partial charge is 0.355 e. The number of benzene rings is 1. The molecule has 2 aromatic rings. The van der Waals surface area contributed by atoms with Crippen LogP contribution in [0.2, 0.25) is 0 Å². The van der Waals surface area contributed by atoms with Gasteiger partial charge in [-0.1, -0.05) is 26.0 Å². The number of nitrogens with one attached hydrogen (secondary N) is 2. The molecule has 5 heteroatoms. The zero-order chi connectivity index (χ0) is 17.5. The zero-order valence-corrected chi connectivity index (χ0v) is 14.8. The van der Waals surface area contributed by atoms with Crippen LogP contribution in [0.4, 0.5) is 0 Å². The van der Waals surface area contributed by atoms with Crippen LogP contribution in [0.1, 0.15) is 49.7 Å². The molecule has 0 atom stereocenters. The van der Waals surface area contributed by atoms with E-state index in [-0.39, 0.29) is 12.0 Å². The summed E-state index contributed by atoms with van der Waals surface area (Å²) in [4.78, 5) is 29.8. The minimum absolute atomic E-state index is 0.0721. The van der Waals surface area contributed by atoms with E-state index >= 15 is 0 Å². The van der Waals surface area contributed by atoms with E-state index in [2.05, 4.69) is 18.8 Å². The molecule has 0 amide bonds. The second-order valence-electron chi connectivity index (χ2n) is 6.00. The lowest BCUT2D eigenvalue weighted by molar-refractivity contribution is -0.914. The molecular formula is C19H27N2O3+. The van der Waals surface area contributed by atoms with E-state index in [9.17, 15) is 9.59 Å². The molecule has 0 bridgehead atoms. The lowest BCUT2D eigenvalue weighted by atomic mass is 10.1. The third-order valence-corrected chi connectivity index (χ3v) is 4.12. The van der Waals surface area contributed by atoms with Crippen molar-refractivity contribution >= 4 is 16.9 Å². The van der Waals surface area contributed by atoms with Crippen LogP contribution in [0, 0.1) is 0 Å². The molecule has 0 aliphatic carbocycles. The number of rotatable bonds is 8. The highest BCUT2D eigenvalue weighted by molar-refractivity contribution is 5.92. The lowest BCUT2D eigenvalue weighted by Gasteiger charge is -2.19. The fourth-order valence-corrected chi connectivity index (χ4v) is 3.08. The van der Waals surface area contributed by atoms with Crippen LogP contribution in [-0.4, -0.2) is 30.6 Å². The molecule has 1 heterocycles. The number of fused-ring (bicyclic) bond motifs is 1. The summed E-state index contributed by atoms with van der Waals surface area (Å²) in [5, 5.41) is 0.618. The summed E-state index contributed by atoms with van der Waals surface area (Å²) >= 11 is 0. The molecule has 2 N–H and O–H groups in total. The van der Waals surface area contributed by atoms with Crippen molar-refractivity contribution in [3.63, 3.8) is 0 Å².